The molecule has 15 heavy (non-hydrogen) atoms. The fourth-order valence-corrected chi connectivity index (χ4v) is 2.14. The molecule has 1 aromatic carbocycles. The Balaban J connectivity index is 1.73. The van der Waals surface area contributed by atoms with Crippen LogP contribution in [0, 0.1) is 0 Å². The van der Waals surface area contributed by atoms with Gasteiger partial charge in [0.2, 0.25) is 0 Å². The molecule has 2 fully saturated rings. The van der Waals surface area contributed by atoms with Crippen LogP contribution < -0.4 is 5.32 Å². The maximum atomic E-state index is 5.41. The van der Waals surface area contributed by atoms with Gasteiger partial charge >= 0.3 is 0 Å². The molecule has 2 heteroatoms. The first-order valence-electron chi connectivity index (χ1n) is 5.76. The van der Waals surface area contributed by atoms with Crippen LogP contribution >= 0.6 is 0 Å². The molecule has 1 saturated heterocycles. The summed E-state index contributed by atoms with van der Waals surface area (Å²) >= 11 is 0. The highest BCUT2D eigenvalue weighted by atomic mass is 16.5. The molecule has 2 nitrogen and oxygen atoms in total. The third kappa shape index (κ3) is 1.80. The van der Waals surface area contributed by atoms with E-state index < -0.39 is 0 Å². The second kappa shape index (κ2) is 3.62. The number of ether oxygens (including phenoxy) is 1. The average molecular weight is 203 g/mol. The van der Waals surface area contributed by atoms with Gasteiger partial charge in [0.15, 0.2) is 0 Å². The van der Waals surface area contributed by atoms with Crippen LogP contribution in [0.3, 0.4) is 0 Å². The zero-order valence-electron chi connectivity index (χ0n) is 8.91. The van der Waals surface area contributed by atoms with Crippen LogP contribution in [0.25, 0.3) is 0 Å². The van der Waals surface area contributed by atoms with Crippen molar-refractivity contribution in [1.29, 1.82) is 0 Å². The topological polar surface area (TPSA) is 21.3 Å². The zero-order valence-corrected chi connectivity index (χ0v) is 8.91. The molecule has 2 aliphatic rings. The molecule has 0 unspecified atom stereocenters. The van der Waals surface area contributed by atoms with Crippen LogP contribution in [0.1, 0.15) is 18.4 Å². The summed E-state index contributed by atoms with van der Waals surface area (Å²) in [6, 6.07) is 11.5. The Morgan fingerprint density at radius 3 is 2.47 bits per heavy atom. The maximum Gasteiger partial charge on any atom is 0.0598 e. The van der Waals surface area contributed by atoms with Crippen molar-refractivity contribution in [3.63, 3.8) is 0 Å². The summed E-state index contributed by atoms with van der Waals surface area (Å²) in [5, 5.41) is 3.62. The van der Waals surface area contributed by atoms with Gasteiger partial charge in [-0.15, -0.1) is 0 Å². The highest BCUT2D eigenvalue weighted by Crippen LogP contribution is 2.32. The summed E-state index contributed by atoms with van der Waals surface area (Å²) in [5.41, 5.74) is 1.67. The van der Waals surface area contributed by atoms with Crippen LogP contribution in [0.15, 0.2) is 30.3 Å². The number of benzene rings is 1. The number of hydrogen-bond acceptors (Lipinski definition) is 2. The van der Waals surface area contributed by atoms with Crippen molar-refractivity contribution in [2.24, 2.45) is 0 Å². The standard InChI is InChI=1S/C13H17NO/c1-2-4-11(5-3-1)13(9-15-10-13)8-14-12-6-7-12/h1-5,12,14H,6-10H2. The molecule has 1 aliphatic carbocycles. The van der Waals surface area contributed by atoms with Gasteiger partial charge in [-0.3, -0.25) is 0 Å². The van der Waals surface area contributed by atoms with E-state index in [0.717, 1.165) is 25.8 Å². The van der Waals surface area contributed by atoms with E-state index in [-0.39, 0.29) is 5.41 Å². The molecular weight excluding hydrogens is 186 g/mol. The third-order valence-electron chi connectivity index (χ3n) is 3.45. The van der Waals surface area contributed by atoms with Crippen molar-refractivity contribution in [2.45, 2.75) is 24.3 Å². The van der Waals surface area contributed by atoms with Crippen molar-refractivity contribution in [3.8, 4) is 0 Å². The quantitative estimate of drug-likeness (QED) is 0.804. The third-order valence-corrected chi connectivity index (χ3v) is 3.45. The van der Waals surface area contributed by atoms with Gasteiger partial charge in [0.1, 0.15) is 0 Å². The summed E-state index contributed by atoms with van der Waals surface area (Å²) in [4.78, 5) is 0. The molecule has 1 aromatic rings. The number of hydrogen-bond donors (Lipinski definition) is 1. The summed E-state index contributed by atoms with van der Waals surface area (Å²) < 4.78 is 5.41. The number of nitrogens with one attached hydrogen (secondary N) is 1. The monoisotopic (exact) mass is 203 g/mol. The van der Waals surface area contributed by atoms with Crippen LogP contribution in [0.5, 0.6) is 0 Å². The second-order valence-corrected chi connectivity index (χ2v) is 4.79. The first kappa shape index (κ1) is 9.37. The minimum absolute atomic E-state index is 0.254. The van der Waals surface area contributed by atoms with E-state index >= 15 is 0 Å². The lowest BCUT2D eigenvalue weighted by Gasteiger charge is -2.42. The SMILES string of the molecule is c1ccc(C2(CNC3CC3)COC2)cc1. The van der Waals surface area contributed by atoms with E-state index in [2.05, 4.69) is 35.6 Å². The van der Waals surface area contributed by atoms with E-state index in [1.807, 2.05) is 0 Å². The van der Waals surface area contributed by atoms with Crippen molar-refractivity contribution >= 4 is 0 Å². The maximum absolute atomic E-state index is 5.41. The Labute approximate surface area is 90.6 Å². The highest BCUT2D eigenvalue weighted by Gasteiger charge is 2.41. The molecule has 1 N–H and O–H groups in total. The highest BCUT2D eigenvalue weighted by molar-refractivity contribution is 5.28. The van der Waals surface area contributed by atoms with Crippen LogP contribution in [0.4, 0.5) is 0 Å². The Kier molecular flexibility index (Phi) is 2.26. The van der Waals surface area contributed by atoms with E-state index in [1.54, 1.807) is 0 Å². The molecular formula is C13H17NO. The lowest BCUT2D eigenvalue weighted by molar-refractivity contribution is -0.0591. The van der Waals surface area contributed by atoms with Gasteiger partial charge in [-0.1, -0.05) is 30.3 Å². The van der Waals surface area contributed by atoms with Crippen LogP contribution in [0.2, 0.25) is 0 Å². The molecule has 1 saturated carbocycles. The Morgan fingerprint density at radius 2 is 1.93 bits per heavy atom. The molecule has 0 radical (unpaired) electrons. The summed E-state index contributed by atoms with van der Waals surface area (Å²) in [7, 11) is 0. The second-order valence-electron chi connectivity index (χ2n) is 4.79. The average Bonchev–Trinajstić information content (AvgIpc) is 3.02. The molecule has 0 spiro atoms. The predicted molar refractivity (Wildman–Crippen MR) is 60.0 cm³/mol. The Morgan fingerprint density at radius 1 is 1.20 bits per heavy atom. The van der Waals surface area contributed by atoms with Crippen LogP contribution in [-0.2, 0) is 10.2 Å². The van der Waals surface area contributed by atoms with Crippen molar-refractivity contribution in [3.05, 3.63) is 35.9 Å². The van der Waals surface area contributed by atoms with Crippen molar-refractivity contribution in [1.82, 2.24) is 5.32 Å². The predicted octanol–water partition coefficient (Wildman–Crippen LogP) is 1.71. The van der Waals surface area contributed by atoms with E-state index in [0.29, 0.717) is 0 Å². The van der Waals surface area contributed by atoms with Gasteiger partial charge in [-0.05, 0) is 18.4 Å². The minimum Gasteiger partial charge on any atom is -0.379 e. The molecule has 0 atom stereocenters. The lowest BCUT2D eigenvalue weighted by atomic mass is 9.78. The van der Waals surface area contributed by atoms with Gasteiger partial charge in [0.25, 0.3) is 0 Å². The minimum atomic E-state index is 0.254. The van der Waals surface area contributed by atoms with E-state index in [1.165, 1.54) is 18.4 Å². The molecule has 3 rings (SSSR count). The molecule has 80 valence electrons. The van der Waals surface area contributed by atoms with E-state index in [9.17, 15) is 0 Å². The molecule has 1 heterocycles. The first-order chi connectivity index (χ1) is 7.39. The molecule has 0 amide bonds. The molecule has 0 aromatic heterocycles. The smallest absolute Gasteiger partial charge is 0.0598 e. The summed E-state index contributed by atoms with van der Waals surface area (Å²) in [5.74, 6) is 0. The largest absolute Gasteiger partial charge is 0.379 e. The normalized spacial score (nSPS) is 23.5. The fourth-order valence-electron chi connectivity index (χ4n) is 2.14. The zero-order chi connectivity index (χ0) is 10.1. The summed E-state index contributed by atoms with van der Waals surface area (Å²) in [6.07, 6.45) is 2.71. The summed E-state index contributed by atoms with van der Waals surface area (Å²) in [6.45, 7) is 2.81. The van der Waals surface area contributed by atoms with Crippen LogP contribution in [-0.4, -0.2) is 25.8 Å². The Hall–Kier alpha value is -0.860. The van der Waals surface area contributed by atoms with E-state index in [4.69, 9.17) is 4.74 Å². The van der Waals surface area contributed by atoms with Crippen molar-refractivity contribution < 1.29 is 4.74 Å². The lowest BCUT2D eigenvalue weighted by Crippen LogP contribution is -2.53. The van der Waals surface area contributed by atoms with Gasteiger partial charge < -0.3 is 10.1 Å². The van der Waals surface area contributed by atoms with Gasteiger partial charge in [0.05, 0.1) is 18.6 Å². The van der Waals surface area contributed by atoms with Crippen molar-refractivity contribution in [2.75, 3.05) is 19.8 Å². The molecule has 1 aliphatic heterocycles. The van der Waals surface area contributed by atoms with Gasteiger partial charge in [-0.25, -0.2) is 0 Å². The fraction of sp³-hybridized carbons (Fsp3) is 0.538. The number of rotatable bonds is 4. The Bertz CT molecular complexity index is 328. The van der Waals surface area contributed by atoms with Gasteiger partial charge in [-0.2, -0.15) is 0 Å². The first-order valence-corrected chi connectivity index (χ1v) is 5.76. The molecule has 0 bridgehead atoms. The van der Waals surface area contributed by atoms with Gasteiger partial charge in [0, 0.05) is 12.6 Å².